The summed E-state index contributed by atoms with van der Waals surface area (Å²) in [6.45, 7) is 0. The van der Waals surface area contributed by atoms with Crippen LogP contribution in [0.25, 0.3) is 11.3 Å². The van der Waals surface area contributed by atoms with Crippen LogP contribution in [0.2, 0.25) is 5.15 Å². The summed E-state index contributed by atoms with van der Waals surface area (Å²) in [7, 11) is 1.57. The van der Waals surface area contributed by atoms with Gasteiger partial charge in [0.2, 0.25) is 5.88 Å². The van der Waals surface area contributed by atoms with Gasteiger partial charge < -0.3 is 4.74 Å². The minimum absolute atomic E-state index is 0.413. The van der Waals surface area contributed by atoms with Gasteiger partial charge in [-0.3, -0.25) is 0 Å². The lowest BCUT2D eigenvalue weighted by atomic mass is 10.2. The largest absolute Gasteiger partial charge is 0.481 e. The summed E-state index contributed by atoms with van der Waals surface area (Å²) in [5.41, 5.74) is 1.62. The van der Waals surface area contributed by atoms with Gasteiger partial charge >= 0.3 is 0 Å². The maximum atomic E-state index is 5.76. The minimum atomic E-state index is 0.413. The number of rotatable bonds is 2. The van der Waals surface area contributed by atoms with Gasteiger partial charge in [-0.25, -0.2) is 15.0 Å². The average molecular weight is 222 g/mol. The molecular formula is C10H8ClN3O. The van der Waals surface area contributed by atoms with E-state index in [1.165, 1.54) is 6.33 Å². The first-order valence-corrected chi connectivity index (χ1v) is 4.65. The van der Waals surface area contributed by atoms with Crippen LogP contribution in [0.15, 0.2) is 30.7 Å². The fourth-order valence-corrected chi connectivity index (χ4v) is 1.29. The van der Waals surface area contributed by atoms with E-state index < -0.39 is 0 Å². The highest BCUT2D eigenvalue weighted by Gasteiger charge is 2.01. The van der Waals surface area contributed by atoms with Crippen molar-refractivity contribution < 1.29 is 4.74 Å². The van der Waals surface area contributed by atoms with E-state index in [1.807, 2.05) is 6.07 Å². The Hall–Kier alpha value is -1.68. The molecule has 0 fully saturated rings. The monoisotopic (exact) mass is 221 g/mol. The molecule has 0 aliphatic rings. The fraction of sp³-hybridized carbons (Fsp3) is 0.100. The molecule has 2 rings (SSSR count). The Balaban J connectivity index is 2.37. The number of aromatic nitrogens is 3. The molecule has 0 aliphatic carbocycles. The second kappa shape index (κ2) is 4.23. The molecule has 0 saturated carbocycles. The summed E-state index contributed by atoms with van der Waals surface area (Å²) in [5.74, 6) is 0.568. The molecule has 0 spiro atoms. The molecule has 0 radical (unpaired) electrons. The number of nitrogens with zero attached hydrogens (tertiary/aromatic N) is 3. The van der Waals surface area contributed by atoms with E-state index in [-0.39, 0.29) is 0 Å². The van der Waals surface area contributed by atoms with Crippen molar-refractivity contribution in [3.8, 4) is 17.1 Å². The zero-order valence-corrected chi connectivity index (χ0v) is 8.77. The van der Waals surface area contributed by atoms with Gasteiger partial charge in [-0.15, -0.1) is 0 Å². The molecule has 2 aromatic rings. The Morgan fingerprint density at radius 2 is 2.07 bits per heavy atom. The van der Waals surface area contributed by atoms with Crippen LogP contribution in [-0.4, -0.2) is 22.1 Å². The van der Waals surface area contributed by atoms with E-state index in [2.05, 4.69) is 15.0 Å². The summed E-state index contributed by atoms with van der Waals surface area (Å²) < 4.78 is 4.96. The molecule has 0 amide bonds. The van der Waals surface area contributed by atoms with Crippen molar-refractivity contribution in [3.05, 3.63) is 35.9 Å². The van der Waals surface area contributed by atoms with Gasteiger partial charge in [-0.2, -0.15) is 0 Å². The molecule has 0 bridgehead atoms. The van der Waals surface area contributed by atoms with Crippen molar-refractivity contribution in [2.75, 3.05) is 7.11 Å². The van der Waals surface area contributed by atoms with Crippen molar-refractivity contribution in [2.45, 2.75) is 0 Å². The summed E-state index contributed by atoms with van der Waals surface area (Å²) in [6.07, 6.45) is 3.10. The first-order chi connectivity index (χ1) is 7.29. The lowest BCUT2D eigenvalue weighted by molar-refractivity contribution is 0.398. The van der Waals surface area contributed by atoms with Gasteiger partial charge in [0, 0.05) is 23.9 Å². The zero-order chi connectivity index (χ0) is 10.7. The van der Waals surface area contributed by atoms with Crippen molar-refractivity contribution in [1.82, 2.24) is 15.0 Å². The van der Waals surface area contributed by atoms with Crippen LogP contribution in [0.4, 0.5) is 0 Å². The highest BCUT2D eigenvalue weighted by molar-refractivity contribution is 6.29. The summed E-state index contributed by atoms with van der Waals surface area (Å²) in [4.78, 5) is 12.0. The van der Waals surface area contributed by atoms with Gasteiger partial charge in [0.1, 0.15) is 11.5 Å². The Bertz CT molecular complexity index is 458. The van der Waals surface area contributed by atoms with Crippen LogP contribution in [0.3, 0.4) is 0 Å². The molecule has 5 heteroatoms. The summed E-state index contributed by atoms with van der Waals surface area (Å²) in [6, 6.07) is 5.32. The maximum Gasteiger partial charge on any atom is 0.212 e. The van der Waals surface area contributed by atoms with Crippen LogP contribution >= 0.6 is 11.6 Å². The second-order valence-corrected chi connectivity index (χ2v) is 3.20. The fourth-order valence-electron chi connectivity index (χ4n) is 1.14. The smallest absolute Gasteiger partial charge is 0.212 e. The highest BCUT2D eigenvalue weighted by atomic mass is 35.5. The van der Waals surface area contributed by atoms with Gasteiger partial charge in [0.05, 0.1) is 12.8 Å². The van der Waals surface area contributed by atoms with Crippen LogP contribution in [0.5, 0.6) is 5.88 Å². The molecule has 0 aromatic carbocycles. The van der Waals surface area contributed by atoms with E-state index >= 15 is 0 Å². The average Bonchev–Trinajstić information content (AvgIpc) is 2.29. The second-order valence-electron chi connectivity index (χ2n) is 2.82. The Kier molecular flexibility index (Phi) is 2.78. The van der Waals surface area contributed by atoms with Gasteiger partial charge in [-0.1, -0.05) is 11.6 Å². The van der Waals surface area contributed by atoms with Crippen molar-refractivity contribution in [3.63, 3.8) is 0 Å². The standard InChI is InChI=1S/C10H8ClN3O/c1-15-10-3-2-7(5-12-10)8-4-9(11)14-6-13-8/h2-6H,1H3. The lowest BCUT2D eigenvalue weighted by Gasteiger charge is -2.01. The Morgan fingerprint density at radius 1 is 1.20 bits per heavy atom. The number of halogens is 1. The number of ether oxygens (including phenoxy) is 1. The molecule has 0 N–H and O–H groups in total. The molecule has 0 atom stereocenters. The molecular weight excluding hydrogens is 214 g/mol. The van der Waals surface area contributed by atoms with E-state index in [0.29, 0.717) is 11.0 Å². The molecule has 0 unspecified atom stereocenters. The van der Waals surface area contributed by atoms with Gasteiger partial charge in [0.15, 0.2) is 0 Å². The third-order valence-corrected chi connectivity index (χ3v) is 2.08. The number of pyridine rings is 1. The minimum Gasteiger partial charge on any atom is -0.481 e. The number of hydrogen-bond acceptors (Lipinski definition) is 4. The van der Waals surface area contributed by atoms with Crippen LogP contribution in [-0.2, 0) is 0 Å². The molecule has 15 heavy (non-hydrogen) atoms. The third-order valence-electron chi connectivity index (χ3n) is 1.87. The molecule has 0 saturated heterocycles. The Labute approximate surface area is 91.9 Å². The quantitative estimate of drug-likeness (QED) is 0.730. The van der Waals surface area contributed by atoms with Crippen LogP contribution in [0.1, 0.15) is 0 Å². The normalized spacial score (nSPS) is 10.0. The first-order valence-electron chi connectivity index (χ1n) is 4.27. The topological polar surface area (TPSA) is 47.9 Å². The summed E-state index contributed by atoms with van der Waals surface area (Å²) in [5, 5.41) is 0.413. The predicted molar refractivity (Wildman–Crippen MR) is 56.8 cm³/mol. The molecule has 4 nitrogen and oxygen atoms in total. The molecule has 0 aliphatic heterocycles. The van der Waals surface area contributed by atoms with Gasteiger partial charge in [-0.05, 0) is 6.07 Å². The van der Waals surface area contributed by atoms with Crippen molar-refractivity contribution in [1.29, 1.82) is 0 Å². The van der Waals surface area contributed by atoms with Crippen LogP contribution < -0.4 is 4.74 Å². The molecule has 2 aromatic heterocycles. The Morgan fingerprint density at radius 3 is 2.67 bits per heavy atom. The summed E-state index contributed by atoms with van der Waals surface area (Å²) >= 11 is 5.76. The van der Waals surface area contributed by atoms with Crippen LogP contribution in [0, 0.1) is 0 Å². The van der Waals surface area contributed by atoms with Crippen molar-refractivity contribution in [2.24, 2.45) is 0 Å². The number of hydrogen-bond donors (Lipinski definition) is 0. The first kappa shape index (κ1) is 9.86. The predicted octanol–water partition coefficient (Wildman–Crippen LogP) is 2.20. The number of methoxy groups -OCH3 is 1. The SMILES string of the molecule is COc1ccc(-c2cc(Cl)ncn2)cn1. The van der Waals surface area contributed by atoms with Gasteiger partial charge in [0.25, 0.3) is 0 Å². The lowest BCUT2D eigenvalue weighted by Crippen LogP contribution is -1.89. The third kappa shape index (κ3) is 2.22. The van der Waals surface area contributed by atoms with Crippen molar-refractivity contribution >= 4 is 11.6 Å². The highest BCUT2D eigenvalue weighted by Crippen LogP contribution is 2.19. The van der Waals surface area contributed by atoms with E-state index in [4.69, 9.17) is 16.3 Å². The molecule has 2 heterocycles. The van der Waals surface area contributed by atoms with E-state index in [0.717, 1.165) is 11.3 Å². The van der Waals surface area contributed by atoms with E-state index in [1.54, 1.807) is 25.4 Å². The maximum absolute atomic E-state index is 5.76. The zero-order valence-electron chi connectivity index (χ0n) is 8.01. The molecule has 76 valence electrons. The van der Waals surface area contributed by atoms with E-state index in [9.17, 15) is 0 Å².